The molecule has 0 radical (unpaired) electrons. The molecule has 8 heteroatoms. The van der Waals surface area contributed by atoms with Crippen molar-refractivity contribution in [3.05, 3.63) is 66.4 Å². The summed E-state index contributed by atoms with van der Waals surface area (Å²) < 4.78 is 21.2. The van der Waals surface area contributed by atoms with Crippen molar-refractivity contribution >= 4 is 5.82 Å². The van der Waals surface area contributed by atoms with E-state index < -0.39 is 0 Å². The maximum absolute atomic E-state index is 13.2. The molecule has 34 heavy (non-hydrogen) atoms. The molecule has 1 N–H and O–H groups in total. The van der Waals surface area contributed by atoms with E-state index in [0.717, 1.165) is 68.5 Å². The Balaban J connectivity index is 1.23. The lowest BCUT2D eigenvalue weighted by Crippen LogP contribution is -2.53. The molecule has 2 aliphatic heterocycles. The van der Waals surface area contributed by atoms with Gasteiger partial charge in [-0.25, -0.2) is 14.1 Å². The highest BCUT2D eigenvalue weighted by Gasteiger charge is 2.25. The van der Waals surface area contributed by atoms with Crippen molar-refractivity contribution in [3.63, 3.8) is 0 Å². The summed E-state index contributed by atoms with van der Waals surface area (Å²) >= 11 is 0. The third kappa shape index (κ3) is 5.39. The lowest BCUT2D eigenvalue weighted by atomic mass is 10.1. The number of halogens is 1. The molecule has 2 atom stereocenters. The lowest BCUT2D eigenvalue weighted by Gasteiger charge is -2.35. The van der Waals surface area contributed by atoms with Gasteiger partial charge in [-0.3, -0.25) is 4.90 Å². The number of hydrogen-bond acceptors (Lipinski definition) is 6. The number of hydrogen-bond donors (Lipinski definition) is 1. The molecule has 0 spiro atoms. The molecule has 5 rings (SSSR count). The molecule has 180 valence electrons. The Labute approximate surface area is 200 Å². The van der Waals surface area contributed by atoms with Crippen molar-refractivity contribution in [2.24, 2.45) is 0 Å². The monoisotopic (exact) mass is 464 g/mol. The number of piperidine rings is 1. The van der Waals surface area contributed by atoms with E-state index in [0.29, 0.717) is 12.1 Å². The first-order valence-corrected chi connectivity index (χ1v) is 12.2. The van der Waals surface area contributed by atoms with Gasteiger partial charge in [-0.2, -0.15) is 5.10 Å². The second-order valence-corrected chi connectivity index (χ2v) is 9.52. The molecule has 7 nitrogen and oxygen atoms in total. The summed E-state index contributed by atoms with van der Waals surface area (Å²) in [7, 11) is 0. The Morgan fingerprint density at radius 2 is 1.76 bits per heavy atom. The van der Waals surface area contributed by atoms with Gasteiger partial charge in [-0.15, -0.1) is 0 Å². The molecule has 0 unspecified atom stereocenters. The zero-order chi connectivity index (χ0) is 23.5. The van der Waals surface area contributed by atoms with Crippen LogP contribution >= 0.6 is 0 Å². The molecule has 0 aliphatic carbocycles. The summed E-state index contributed by atoms with van der Waals surface area (Å²) in [5, 5.41) is 8.47. The van der Waals surface area contributed by atoms with Crippen LogP contribution in [0.25, 0.3) is 5.69 Å². The summed E-state index contributed by atoms with van der Waals surface area (Å²) in [6.07, 6.45) is 5.77. The molecule has 0 bridgehead atoms. The molecule has 0 amide bonds. The number of nitrogens with one attached hydrogen (secondary N) is 1. The van der Waals surface area contributed by atoms with Gasteiger partial charge in [0.25, 0.3) is 0 Å². The number of ether oxygens (including phenoxy) is 1. The highest BCUT2D eigenvalue weighted by Crippen LogP contribution is 2.26. The first-order chi connectivity index (χ1) is 16.5. The Bertz CT molecular complexity index is 1070. The van der Waals surface area contributed by atoms with Crippen molar-refractivity contribution in [1.82, 2.24) is 25.0 Å². The number of pyridine rings is 1. The van der Waals surface area contributed by atoms with E-state index in [1.165, 1.54) is 12.1 Å². The zero-order valence-corrected chi connectivity index (χ0v) is 19.9. The maximum Gasteiger partial charge on any atom is 0.154 e. The zero-order valence-electron chi connectivity index (χ0n) is 19.9. The van der Waals surface area contributed by atoms with Crippen molar-refractivity contribution in [2.45, 2.75) is 51.4 Å². The number of rotatable bonds is 6. The van der Waals surface area contributed by atoms with E-state index in [1.807, 2.05) is 23.1 Å². The van der Waals surface area contributed by atoms with E-state index in [9.17, 15) is 4.39 Å². The van der Waals surface area contributed by atoms with Gasteiger partial charge < -0.3 is 15.0 Å². The van der Waals surface area contributed by atoms with Gasteiger partial charge in [0, 0.05) is 70.0 Å². The third-order valence-electron chi connectivity index (χ3n) is 6.53. The molecular weight excluding hydrogens is 431 g/mol. The second-order valence-electron chi connectivity index (χ2n) is 9.52. The van der Waals surface area contributed by atoms with E-state index in [-0.39, 0.29) is 11.9 Å². The minimum Gasteiger partial charge on any atom is -0.490 e. The van der Waals surface area contributed by atoms with Crippen molar-refractivity contribution in [1.29, 1.82) is 0 Å². The number of aromatic nitrogens is 3. The summed E-state index contributed by atoms with van der Waals surface area (Å²) in [6, 6.07) is 13.4. The normalized spacial score (nSPS) is 22.1. The van der Waals surface area contributed by atoms with Crippen LogP contribution in [0.15, 0.2) is 54.9 Å². The standard InChI is InChI=1S/C26H33FN6O/c1-19-16-31(17-20(2)29-19)18-22-9-15-33(30-22)25-4-3-12-28-26(25)32-13-10-24(11-14-32)34-23-7-5-21(27)6-8-23/h3-9,12,15,19-20,24,29H,10-11,13-14,16-18H2,1-2H3/t19-,20+. The highest BCUT2D eigenvalue weighted by atomic mass is 19.1. The topological polar surface area (TPSA) is 58.5 Å². The molecule has 2 fully saturated rings. The lowest BCUT2D eigenvalue weighted by molar-refractivity contribution is 0.165. The smallest absolute Gasteiger partial charge is 0.154 e. The quantitative estimate of drug-likeness (QED) is 0.601. The molecule has 3 aromatic rings. The van der Waals surface area contributed by atoms with Gasteiger partial charge in [-0.05, 0) is 56.3 Å². The average molecular weight is 465 g/mol. The van der Waals surface area contributed by atoms with Crippen LogP contribution < -0.4 is 15.0 Å². The number of anilines is 1. The molecule has 2 aromatic heterocycles. The van der Waals surface area contributed by atoms with E-state index in [2.05, 4.69) is 41.1 Å². The minimum atomic E-state index is -0.247. The van der Waals surface area contributed by atoms with Gasteiger partial charge in [0.05, 0.1) is 5.69 Å². The van der Waals surface area contributed by atoms with Crippen LogP contribution in [-0.4, -0.2) is 64.0 Å². The van der Waals surface area contributed by atoms with Crippen molar-refractivity contribution < 1.29 is 9.13 Å². The van der Waals surface area contributed by atoms with Gasteiger partial charge in [-0.1, -0.05) is 0 Å². The van der Waals surface area contributed by atoms with Crippen LogP contribution in [0.1, 0.15) is 32.4 Å². The largest absolute Gasteiger partial charge is 0.490 e. The fourth-order valence-electron chi connectivity index (χ4n) is 5.08. The first-order valence-electron chi connectivity index (χ1n) is 12.2. The van der Waals surface area contributed by atoms with Crippen LogP contribution in [0, 0.1) is 5.82 Å². The average Bonchev–Trinajstić information content (AvgIpc) is 3.29. The number of benzene rings is 1. The molecule has 2 saturated heterocycles. The molecule has 4 heterocycles. The SMILES string of the molecule is C[C@@H]1CN(Cc2ccn(-c3cccnc3N3CCC(Oc4ccc(F)cc4)CC3)n2)C[C@H](C)N1. The Kier molecular flexibility index (Phi) is 6.78. The number of nitrogens with zero attached hydrogens (tertiary/aromatic N) is 5. The van der Waals surface area contributed by atoms with E-state index in [1.54, 1.807) is 12.1 Å². The van der Waals surface area contributed by atoms with Crippen LogP contribution in [0.5, 0.6) is 5.75 Å². The van der Waals surface area contributed by atoms with E-state index >= 15 is 0 Å². The first kappa shape index (κ1) is 22.8. The van der Waals surface area contributed by atoms with Crippen LogP contribution in [0.4, 0.5) is 10.2 Å². The Morgan fingerprint density at radius 3 is 2.50 bits per heavy atom. The summed E-state index contributed by atoms with van der Waals surface area (Å²) in [6.45, 7) is 9.08. The van der Waals surface area contributed by atoms with Gasteiger partial charge in [0.2, 0.25) is 0 Å². The van der Waals surface area contributed by atoms with Crippen LogP contribution in [0.2, 0.25) is 0 Å². The molecular formula is C26H33FN6O. The van der Waals surface area contributed by atoms with Gasteiger partial charge in [0.1, 0.15) is 23.4 Å². The molecule has 1 aromatic carbocycles. The van der Waals surface area contributed by atoms with Crippen LogP contribution in [0.3, 0.4) is 0 Å². The summed E-state index contributed by atoms with van der Waals surface area (Å²) in [5.74, 6) is 1.42. The Morgan fingerprint density at radius 1 is 1.03 bits per heavy atom. The summed E-state index contributed by atoms with van der Waals surface area (Å²) in [4.78, 5) is 9.48. The fourth-order valence-corrected chi connectivity index (χ4v) is 5.08. The molecule has 0 saturated carbocycles. The highest BCUT2D eigenvalue weighted by molar-refractivity contribution is 5.57. The predicted molar refractivity (Wildman–Crippen MR) is 131 cm³/mol. The maximum atomic E-state index is 13.2. The van der Waals surface area contributed by atoms with Gasteiger partial charge >= 0.3 is 0 Å². The van der Waals surface area contributed by atoms with E-state index in [4.69, 9.17) is 14.8 Å². The van der Waals surface area contributed by atoms with Gasteiger partial charge in [0.15, 0.2) is 5.82 Å². The Hall–Kier alpha value is -2.97. The molecule has 2 aliphatic rings. The summed E-state index contributed by atoms with van der Waals surface area (Å²) in [5.41, 5.74) is 2.07. The minimum absolute atomic E-state index is 0.119. The van der Waals surface area contributed by atoms with Crippen molar-refractivity contribution in [3.8, 4) is 11.4 Å². The van der Waals surface area contributed by atoms with Crippen LogP contribution in [-0.2, 0) is 6.54 Å². The fraction of sp³-hybridized carbons (Fsp3) is 0.462. The second kappa shape index (κ2) is 10.1. The predicted octanol–water partition coefficient (Wildman–Crippen LogP) is 3.64. The number of piperazine rings is 1. The third-order valence-corrected chi connectivity index (χ3v) is 6.53. The van der Waals surface area contributed by atoms with Crippen molar-refractivity contribution in [2.75, 3.05) is 31.1 Å².